The minimum Gasteiger partial charge on any atom is -0.374 e. The van der Waals surface area contributed by atoms with Crippen LogP contribution < -0.4 is 5.32 Å². The third-order valence-electron chi connectivity index (χ3n) is 3.89. The number of halogens is 2. The van der Waals surface area contributed by atoms with E-state index in [9.17, 15) is 4.39 Å². The van der Waals surface area contributed by atoms with Crippen LogP contribution in [0, 0.1) is 5.82 Å². The topological polar surface area (TPSA) is 21.3 Å². The van der Waals surface area contributed by atoms with Gasteiger partial charge in [0.1, 0.15) is 5.82 Å². The zero-order valence-electron chi connectivity index (χ0n) is 11.5. The van der Waals surface area contributed by atoms with Crippen molar-refractivity contribution < 1.29 is 9.13 Å². The molecule has 1 N–H and O–H groups in total. The lowest BCUT2D eigenvalue weighted by molar-refractivity contribution is -0.0110. The van der Waals surface area contributed by atoms with Crippen molar-refractivity contribution in [3.63, 3.8) is 0 Å². The average Bonchev–Trinajstić information content (AvgIpc) is 2.82. The maximum Gasteiger partial charge on any atom is 0.142 e. The molecule has 0 saturated carbocycles. The van der Waals surface area contributed by atoms with Gasteiger partial charge in [-0.2, -0.15) is 0 Å². The average molecular weight is 286 g/mol. The Hall–Kier alpha value is -0.640. The lowest BCUT2D eigenvalue weighted by Crippen LogP contribution is -2.49. The van der Waals surface area contributed by atoms with Crippen molar-refractivity contribution in [1.82, 2.24) is 5.32 Å². The Balaban J connectivity index is 2.18. The van der Waals surface area contributed by atoms with Crippen molar-refractivity contribution in [3.05, 3.63) is 34.6 Å². The predicted octanol–water partition coefficient (Wildman–Crippen LogP) is 3.57. The van der Waals surface area contributed by atoms with E-state index < -0.39 is 0 Å². The Morgan fingerprint density at radius 1 is 1.53 bits per heavy atom. The van der Waals surface area contributed by atoms with E-state index in [4.69, 9.17) is 16.3 Å². The van der Waals surface area contributed by atoms with Crippen LogP contribution in [0.3, 0.4) is 0 Å². The molecule has 1 aliphatic rings. The van der Waals surface area contributed by atoms with Crippen LogP contribution >= 0.6 is 11.6 Å². The van der Waals surface area contributed by atoms with Gasteiger partial charge in [0.15, 0.2) is 0 Å². The van der Waals surface area contributed by atoms with Crippen LogP contribution in [0.25, 0.3) is 0 Å². The number of benzene rings is 1. The van der Waals surface area contributed by atoms with E-state index in [-0.39, 0.29) is 22.5 Å². The summed E-state index contributed by atoms with van der Waals surface area (Å²) >= 11 is 6.05. The highest BCUT2D eigenvalue weighted by atomic mass is 35.5. The number of nitrogens with one attached hydrogen (secondary N) is 1. The van der Waals surface area contributed by atoms with Gasteiger partial charge in [0.2, 0.25) is 0 Å². The first-order valence-corrected chi connectivity index (χ1v) is 7.25. The molecule has 1 aromatic carbocycles. The minimum absolute atomic E-state index is 0.152. The largest absolute Gasteiger partial charge is 0.374 e. The molecule has 19 heavy (non-hydrogen) atoms. The maximum absolute atomic E-state index is 13.5. The van der Waals surface area contributed by atoms with Crippen molar-refractivity contribution in [2.24, 2.45) is 0 Å². The number of rotatable bonds is 5. The molecule has 1 aromatic rings. The Morgan fingerprint density at radius 2 is 2.32 bits per heavy atom. The normalized spacial score (nSPS) is 24.6. The number of likely N-dealkylation sites (N-methyl/N-ethyl adjacent to an activating group) is 1. The van der Waals surface area contributed by atoms with Gasteiger partial charge in [-0.05, 0) is 44.4 Å². The van der Waals surface area contributed by atoms with E-state index >= 15 is 0 Å². The summed E-state index contributed by atoms with van der Waals surface area (Å²) in [5, 5.41) is 3.68. The van der Waals surface area contributed by atoms with Gasteiger partial charge in [-0.1, -0.05) is 30.7 Å². The monoisotopic (exact) mass is 285 g/mol. The highest BCUT2D eigenvalue weighted by Gasteiger charge is 2.38. The van der Waals surface area contributed by atoms with E-state index in [0.717, 1.165) is 31.6 Å². The highest BCUT2D eigenvalue weighted by Crippen LogP contribution is 2.32. The summed E-state index contributed by atoms with van der Waals surface area (Å²) in [5.41, 5.74) is 0.649. The second-order valence-corrected chi connectivity index (χ2v) is 5.67. The molecule has 2 nitrogen and oxygen atoms in total. The van der Waals surface area contributed by atoms with Gasteiger partial charge in [0.25, 0.3) is 0 Å². The van der Waals surface area contributed by atoms with Crippen LogP contribution in [0.1, 0.15) is 32.3 Å². The second kappa shape index (κ2) is 6.21. The van der Waals surface area contributed by atoms with Crippen LogP contribution in [-0.2, 0) is 11.2 Å². The fourth-order valence-corrected chi connectivity index (χ4v) is 2.96. The summed E-state index contributed by atoms with van der Waals surface area (Å²) in [6.07, 6.45) is 2.79. The third-order valence-corrected chi connectivity index (χ3v) is 4.32. The molecule has 1 heterocycles. The molecule has 0 aliphatic carbocycles. The van der Waals surface area contributed by atoms with Gasteiger partial charge in [-0.15, -0.1) is 0 Å². The Morgan fingerprint density at radius 3 is 2.95 bits per heavy atom. The van der Waals surface area contributed by atoms with E-state index in [2.05, 4.69) is 19.2 Å². The Kier molecular flexibility index (Phi) is 4.82. The van der Waals surface area contributed by atoms with Crippen LogP contribution in [0.15, 0.2) is 18.2 Å². The van der Waals surface area contributed by atoms with E-state index in [0.29, 0.717) is 6.42 Å². The summed E-state index contributed by atoms with van der Waals surface area (Å²) in [6.45, 7) is 5.85. The van der Waals surface area contributed by atoms with Crippen molar-refractivity contribution in [3.8, 4) is 0 Å². The van der Waals surface area contributed by atoms with Gasteiger partial charge in [-0.3, -0.25) is 0 Å². The van der Waals surface area contributed by atoms with Gasteiger partial charge >= 0.3 is 0 Å². The smallest absolute Gasteiger partial charge is 0.142 e. The molecule has 2 rings (SSSR count). The van der Waals surface area contributed by atoms with Crippen LogP contribution in [0.2, 0.25) is 5.02 Å². The summed E-state index contributed by atoms with van der Waals surface area (Å²) in [5.74, 6) is -0.355. The molecule has 4 heteroatoms. The first-order chi connectivity index (χ1) is 9.07. The zero-order chi connectivity index (χ0) is 13.9. The molecular weight excluding hydrogens is 265 g/mol. The number of hydrogen-bond acceptors (Lipinski definition) is 2. The summed E-state index contributed by atoms with van der Waals surface area (Å²) in [6, 6.07) is 5.13. The van der Waals surface area contributed by atoms with Gasteiger partial charge in [0, 0.05) is 12.6 Å². The fourth-order valence-electron chi connectivity index (χ4n) is 2.75. The molecule has 0 radical (unpaired) electrons. The standard InChI is InChI=1S/C15H21ClFNO/c1-3-18-13(15(2)8-5-9-19-15)10-11-6-4-7-12(17)14(11)16/h4,6-7,13,18H,3,5,8-10H2,1-2H3. The zero-order valence-corrected chi connectivity index (χ0v) is 12.3. The van der Waals surface area contributed by atoms with Crippen LogP contribution in [-0.4, -0.2) is 24.8 Å². The van der Waals surface area contributed by atoms with E-state index in [1.165, 1.54) is 6.07 Å². The van der Waals surface area contributed by atoms with Gasteiger partial charge in [0.05, 0.1) is 10.6 Å². The second-order valence-electron chi connectivity index (χ2n) is 5.29. The molecular formula is C15H21ClFNO. The van der Waals surface area contributed by atoms with Crippen LogP contribution in [0.5, 0.6) is 0 Å². The van der Waals surface area contributed by atoms with Crippen molar-refractivity contribution >= 4 is 11.6 Å². The lowest BCUT2D eigenvalue weighted by Gasteiger charge is -2.34. The van der Waals surface area contributed by atoms with Crippen molar-refractivity contribution in [2.45, 2.75) is 44.8 Å². The van der Waals surface area contributed by atoms with Gasteiger partial charge in [-0.25, -0.2) is 4.39 Å². The SMILES string of the molecule is CCNC(Cc1cccc(F)c1Cl)C1(C)CCCO1. The summed E-state index contributed by atoms with van der Waals surface area (Å²) < 4.78 is 19.4. The Bertz CT molecular complexity index is 432. The van der Waals surface area contributed by atoms with Crippen molar-refractivity contribution in [1.29, 1.82) is 0 Å². The molecule has 0 spiro atoms. The molecule has 106 valence electrons. The molecule has 0 bridgehead atoms. The first-order valence-electron chi connectivity index (χ1n) is 6.87. The van der Waals surface area contributed by atoms with E-state index in [1.807, 2.05) is 6.07 Å². The first kappa shape index (κ1) is 14.8. The molecule has 2 unspecified atom stereocenters. The predicted molar refractivity (Wildman–Crippen MR) is 76.2 cm³/mol. The number of ether oxygens (including phenoxy) is 1. The number of hydrogen-bond donors (Lipinski definition) is 1. The Labute approximate surface area is 119 Å². The summed E-state index contributed by atoms with van der Waals surface area (Å²) in [7, 11) is 0. The van der Waals surface area contributed by atoms with Gasteiger partial charge < -0.3 is 10.1 Å². The molecule has 1 fully saturated rings. The van der Waals surface area contributed by atoms with Crippen LogP contribution in [0.4, 0.5) is 4.39 Å². The van der Waals surface area contributed by atoms with Crippen molar-refractivity contribution in [2.75, 3.05) is 13.2 Å². The molecule has 2 atom stereocenters. The quantitative estimate of drug-likeness (QED) is 0.893. The molecule has 0 amide bonds. The van der Waals surface area contributed by atoms with E-state index in [1.54, 1.807) is 6.07 Å². The molecule has 0 aromatic heterocycles. The fraction of sp³-hybridized carbons (Fsp3) is 0.600. The maximum atomic E-state index is 13.5. The third kappa shape index (κ3) is 3.28. The highest BCUT2D eigenvalue weighted by molar-refractivity contribution is 6.31. The minimum atomic E-state index is -0.355. The lowest BCUT2D eigenvalue weighted by atomic mass is 9.88. The summed E-state index contributed by atoms with van der Waals surface area (Å²) in [4.78, 5) is 0. The molecule has 1 saturated heterocycles. The molecule has 1 aliphatic heterocycles.